The van der Waals surface area contributed by atoms with Gasteiger partial charge < -0.3 is 10.2 Å². The molecule has 1 heterocycles. The number of carbonyl (C=O) groups excluding carboxylic acids is 1. The number of para-hydroxylation sites is 1. The number of nitrogens with one attached hydrogen (secondary N) is 2. The van der Waals surface area contributed by atoms with Gasteiger partial charge in [-0.15, -0.1) is 0 Å². The zero-order valence-corrected chi connectivity index (χ0v) is 15.7. The molecule has 0 radical (unpaired) electrons. The van der Waals surface area contributed by atoms with Crippen LogP contribution in [0.2, 0.25) is 0 Å². The lowest BCUT2D eigenvalue weighted by Crippen LogP contribution is -2.28. The van der Waals surface area contributed by atoms with Crippen LogP contribution in [0.4, 0.5) is 11.4 Å². The first kappa shape index (κ1) is 18.4. The molecule has 0 unspecified atom stereocenters. The van der Waals surface area contributed by atoms with Crippen molar-refractivity contribution in [1.82, 2.24) is 4.72 Å². The molecule has 0 bridgehead atoms. The van der Waals surface area contributed by atoms with Crippen LogP contribution >= 0.6 is 0 Å². The van der Waals surface area contributed by atoms with Crippen LogP contribution in [0.25, 0.3) is 0 Å². The smallest absolute Gasteiger partial charge is 0.240 e. The second kappa shape index (κ2) is 7.47. The number of benzene rings is 2. The number of amides is 1. The van der Waals surface area contributed by atoms with Gasteiger partial charge in [0, 0.05) is 31.5 Å². The fourth-order valence-electron chi connectivity index (χ4n) is 2.98. The topological polar surface area (TPSA) is 78.5 Å². The lowest BCUT2D eigenvalue weighted by molar-refractivity contribution is -0.116. The van der Waals surface area contributed by atoms with Gasteiger partial charge in [0.25, 0.3) is 0 Å². The molecule has 0 aliphatic carbocycles. The minimum atomic E-state index is -3.59. The number of anilines is 2. The SMILES string of the molecule is C[C@H]1C(=O)Nc2ccc(S(=O)(=O)NCCCN(C)c3ccccc3)cc21. The van der Waals surface area contributed by atoms with Gasteiger partial charge in [-0.2, -0.15) is 0 Å². The predicted molar refractivity (Wildman–Crippen MR) is 103 cm³/mol. The average molecular weight is 373 g/mol. The first-order chi connectivity index (χ1) is 12.4. The highest BCUT2D eigenvalue weighted by Gasteiger charge is 2.28. The van der Waals surface area contributed by atoms with Gasteiger partial charge in [0.2, 0.25) is 15.9 Å². The van der Waals surface area contributed by atoms with E-state index < -0.39 is 10.0 Å². The van der Waals surface area contributed by atoms with Crippen LogP contribution in [-0.4, -0.2) is 34.5 Å². The molecule has 6 nitrogen and oxygen atoms in total. The number of sulfonamides is 1. The van der Waals surface area contributed by atoms with E-state index in [2.05, 4.69) is 14.9 Å². The van der Waals surface area contributed by atoms with Gasteiger partial charge in [0.05, 0.1) is 10.8 Å². The van der Waals surface area contributed by atoms with Crippen molar-refractivity contribution >= 4 is 27.3 Å². The Morgan fingerprint density at radius 2 is 1.88 bits per heavy atom. The van der Waals surface area contributed by atoms with Crippen LogP contribution in [0.1, 0.15) is 24.8 Å². The summed E-state index contributed by atoms with van der Waals surface area (Å²) < 4.78 is 27.6. The fraction of sp³-hybridized carbons (Fsp3) is 0.316. The summed E-state index contributed by atoms with van der Waals surface area (Å²) in [7, 11) is -1.61. The molecule has 2 aromatic carbocycles. The summed E-state index contributed by atoms with van der Waals surface area (Å²) in [6, 6.07) is 14.7. The van der Waals surface area contributed by atoms with E-state index in [1.54, 1.807) is 19.1 Å². The van der Waals surface area contributed by atoms with Crippen molar-refractivity contribution < 1.29 is 13.2 Å². The Balaban J connectivity index is 1.57. The Bertz CT molecular complexity index is 898. The lowest BCUT2D eigenvalue weighted by Gasteiger charge is -2.19. The lowest BCUT2D eigenvalue weighted by atomic mass is 10.0. The Kier molecular flexibility index (Phi) is 5.29. The molecule has 1 amide bonds. The van der Waals surface area contributed by atoms with E-state index in [1.165, 1.54) is 6.07 Å². The van der Waals surface area contributed by atoms with Crippen LogP contribution < -0.4 is 14.9 Å². The first-order valence-corrected chi connectivity index (χ1v) is 10.1. The van der Waals surface area contributed by atoms with Crippen molar-refractivity contribution in [1.29, 1.82) is 0 Å². The molecule has 0 spiro atoms. The molecule has 0 saturated heterocycles. The van der Waals surface area contributed by atoms with Crippen molar-refractivity contribution in [2.24, 2.45) is 0 Å². The molecule has 2 N–H and O–H groups in total. The predicted octanol–water partition coefficient (Wildman–Crippen LogP) is 2.55. The summed E-state index contributed by atoms with van der Waals surface area (Å²) in [5, 5.41) is 2.75. The van der Waals surface area contributed by atoms with Crippen molar-refractivity contribution in [3.63, 3.8) is 0 Å². The molecule has 0 aromatic heterocycles. The zero-order valence-electron chi connectivity index (χ0n) is 14.9. The zero-order chi connectivity index (χ0) is 18.7. The van der Waals surface area contributed by atoms with E-state index in [0.29, 0.717) is 18.7 Å². The van der Waals surface area contributed by atoms with E-state index >= 15 is 0 Å². The van der Waals surface area contributed by atoms with E-state index in [9.17, 15) is 13.2 Å². The quantitative estimate of drug-likeness (QED) is 0.731. The third kappa shape index (κ3) is 3.89. The standard InChI is InChI=1S/C19H23N3O3S/c1-14-17-13-16(9-10-18(17)21-19(14)23)26(24,25)20-11-6-12-22(2)15-7-4-3-5-8-15/h3-5,7-10,13-14,20H,6,11-12H2,1-2H3,(H,21,23)/t14-/m1/s1. The second-order valence-corrected chi connectivity index (χ2v) is 8.24. The van der Waals surface area contributed by atoms with Crippen molar-refractivity contribution in [3.8, 4) is 0 Å². The number of carbonyl (C=O) groups is 1. The molecule has 1 aliphatic heterocycles. The van der Waals surface area contributed by atoms with Crippen LogP contribution in [0.5, 0.6) is 0 Å². The molecular weight excluding hydrogens is 350 g/mol. The first-order valence-electron chi connectivity index (χ1n) is 8.59. The Labute approximate surface area is 154 Å². The Hall–Kier alpha value is -2.38. The number of hydrogen-bond donors (Lipinski definition) is 2. The largest absolute Gasteiger partial charge is 0.375 e. The number of fused-ring (bicyclic) bond motifs is 1. The Morgan fingerprint density at radius 3 is 2.62 bits per heavy atom. The van der Waals surface area contributed by atoms with E-state index in [-0.39, 0.29) is 16.7 Å². The van der Waals surface area contributed by atoms with Gasteiger partial charge in [-0.05, 0) is 49.2 Å². The molecule has 2 aromatic rings. The van der Waals surface area contributed by atoms with Crippen molar-refractivity contribution in [2.75, 3.05) is 30.4 Å². The van der Waals surface area contributed by atoms with Gasteiger partial charge in [-0.3, -0.25) is 4.79 Å². The summed E-state index contributed by atoms with van der Waals surface area (Å²) in [6.07, 6.45) is 0.687. The molecule has 1 aliphatic rings. The highest BCUT2D eigenvalue weighted by molar-refractivity contribution is 7.89. The Morgan fingerprint density at radius 1 is 1.15 bits per heavy atom. The van der Waals surface area contributed by atoms with Gasteiger partial charge in [0.15, 0.2) is 0 Å². The fourth-order valence-corrected chi connectivity index (χ4v) is 4.09. The third-order valence-corrected chi connectivity index (χ3v) is 6.07. The number of rotatable bonds is 7. The molecular formula is C19H23N3O3S. The highest BCUT2D eigenvalue weighted by Crippen LogP contribution is 2.33. The maximum Gasteiger partial charge on any atom is 0.240 e. The maximum absolute atomic E-state index is 12.5. The normalized spacial score (nSPS) is 16.2. The minimum absolute atomic E-state index is 0.105. The van der Waals surface area contributed by atoms with Crippen LogP contribution in [-0.2, 0) is 14.8 Å². The van der Waals surface area contributed by atoms with Crippen LogP contribution in [0, 0.1) is 0 Å². The molecule has 3 rings (SSSR count). The minimum Gasteiger partial charge on any atom is -0.375 e. The van der Waals surface area contributed by atoms with Crippen molar-refractivity contribution in [2.45, 2.75) is 24.2 Å². The van der Waals surface area contributed by atoms with E-state index in [1.807, 2.05) is 37.4 Å². The molecule has 1 atom stereocenters. The molecule has 26 heavy (non-hydrogen) atoms. The summed E-state index contributed by atoms with van der Waals surface area (Å²) >= 11 is 0. The maximum atomic E-state index is 12.5. The van der Waals surface area contributed by atoms with Crippen molar-refractivity contribution in [3.05, 3.63) is 54.1 Å². The van der Waals surface area contributed by atoms with Gasteiger partial charge in [0.1, 0.15) is 0 Å². The molecule has 138 valence electrons. The van der Waals surface area contributed by atoms with Gasteiger partial charge in [-0.1, -0.05) is 18.2 Å². The number of hydrogen-bond acceptors (Lipinski definition) is 4. The van der Waals surface area contributed by atoms with Gasteiger partial charge in [-0.25, -0.2) is 13.1 Å². The second-order valence-electron chi connectivity index (χ2n) is 6.47. The average Bonchev–Trinajstić information content (AvgIpc) is 2.93. The van der Waals surface area contributed by atoms with Crippen LogP contribution in [0.15, 0.2) is 53.4 Å². The number of nitrogens with zero attached hydrogens (tertiary/aromatic N) is 1. The molecule has 0 fully saturated rings. The molecule has 7 heteroatoms. The summed E-state index contributed by atoms with van der Waals surface area (Å²) in [6.45, 7) is 2.86. The van der Waals surface area contributed by atoms with E-state index in [0.717, 1.165) is 17.8 Å². The highest BCUT2D eigenvalue weighted by atomic mass is 32.2. The summed E-state index contributed by atoms with van der Waals surface area (Å²) in [5.74, 6) is -0.439. The van der Waals surface area contributed by atoms with Gasteiger partial charge >= 0.3 is 0 Å². The summed E-state index contributed by atoms with van der Waals surface area (Å²) in [5.41, 5.74) is 2.51. The monoisotopic (exact) mass is 373 g/mol. The van der Waals surface area contributed by atoms with Crippen LogP contribution in [0.3, 0.4) is 0 Å². The third-order valence-electron chi connectivity index (χ3n) is 4.61. The molecule has 0 saturated carbocycles. The summed E-state index contributed by atoms with van der Waals surface area (Å²) in [4.78, 5) is 14.0. The van der Waals surface area contributed by atoms with E-state index in [4.69, 9.17) is 0 Å².